The summed E-state index contributed by atoms with van der Waals surface area (Å²) in [5.74, 6) is 5.23. The molecule has 0 aliphatic heterocycles. The molecule has 0 radical (unpaired) electrons. The van der Waals surface area contributed by atoms with E-state index in [2.05, 4.69) is 16.8 Å². The Hall–Kier alpha value is -1.05. The van der Waals surface area contributed by atoms with Crippen LogP contribution in [0.2, 0.25) is 5.15 Å². The van der Waals surface area contributed by atoms with Crippen LogP contribution >= 0.6 is 23.4 Å². The van der Waals surface area contributed by atoms with Crippen LogP contribution < -0.4 is 0 Å². The van der Waals surface area contributed by atoms with Gasteiger partial charge < -0.3 is 0 Å². The third kappa shape index (κ3) is 4.32. The van der Waals surface area contributed by atoms with Crippen LogP contribution in [0.4, 0.5) is 4.39 Å². The summed E-state index contributed by atoms with van der Waals surface area (Å²) in [7, 11) is 0. The molecule has 0 amide bonds. The standard InChI is InChI=1S/C10H7ClFNOS/c1-7(14)15-4-2-3-8-5-9(12)6-13-10(8)11/h5-6H,4H2,1H3. The Labute approximate surface area is 96.2 Å². The lowest BCUT2D eigenvalue weighted by Crippen LogP contribution is -1.86. The molecule has 0 aliphatic carbocycles. The number of carbonyl (C=O) groups is 1. The van der Waals surface area contributed by atoms with Crippen LogP contribution in [-0.4, -0.2) is 15.9 Å². The van der Waals surface area contributed by atoms with Crippen LogP contribution in [-0.2, 0) is 4.79 Å². The van der Waals surface area contributed by atoms with Crippen LogP contribution in [0, 0.1) is 17.7 Å². The highest BCUT2D eigenvalue weighted by atomic mass is 35.5. The third-order valence-electron chi connectivity index (χ3n) is 1.38. The summed E-state index contributed by atoms with van der Waals surface area (Å²) in [5, 5.41) is 0.157. The predicted octanol–water partition coefficient (Wildman–Crippen LogP) is 2.51. The van der Waals surface area contributed by atoms with Gasteiger partial charge in [-0.15, -0.1) is 0 Å². The van der Waals surface area contributed by atoms with Crippen LogP contribution in [0.25, 0.3) is 0 Å². The quantitative estimate of drug-likeness (QED) is 0.561. The Morgan fingerprint density at radius 2 is 2.47 bits per heavy atom. The number of carbonyl (C=O) groups excluding carboxylic acids is 1. The maximum Gasteiger partial charge on any atom is 0.186 e. The van der Waals surface area contributed by atoms with Crippen molar-refractivity contribution < 1.29 is 9.18 Å². The van der Waals surface area contributed by atoms with Gasteiger partial charge in [0.15, 0.2) is 5.12 Å². The zero-order valence-electron chi connectivity index (χ0n) is 7.88. The Morgan fingerprint density at radius 3 is 3.13 bits per heavy atom. The highest BCUT2D eigenvalue weighted by molar-refractivity contribution is 8.13. The fourth-order valence-corrected chi connectivity index (χ4v) is 1.28. The monoisotopic (exact) mass is 243 g/mol. The summed E-state index contributed by atoms with van der Waals surface area (Å²) < 4.78 is 12.7. The van der Waals surface area contributed by atoms with E-state index < -0.39 is 5.82 Å². The molecule has 0 fully saturated rings. The number of pyridine rings is 1. The molecule has 1 rings (SSSR count). The first-order valence-electron chi connectivity index (χ1n) is 4.03. The minimum Gasteiger partial charge on any atom is -0.288 e. The Kier molecular flexibility index (Phi) is 4.60. The first-order chi connectivity index (χ1) is 7.09. The van der Waals surface area contributed by atoms with E-state index >= 15 is 0 Å². The normalized spacial score (nSPS) is 9.27. The van der Waals surface area contributed by atoms with E-state index in [1.165, 1.54) is 13.0 Å². The molecule has 78 valence electrons. The first-order valence-corrected chi connectivity index (χ1v) is 5.39. The Morgan fingerprint density at radius 1 is 1.73 bits per heavy atom. The van der Waals surface area contributed by atoms with Gasteiger partial charge in [0.05, 0.1) is 17.5 Å². The van der Waals surface area contributed by atoms with E-state index in [9.17, 15) is 9.18 Å². The molecule has 0 aliphatic rings. The van der Waals surface area contributed by atoms with Crippen molar-refractivity contribution in [2.45, 2.75) is 6.92 Å². The summed E-state index contributed by atoms with van der Waals surface area (Å²) in [6.07, 6.45) is 1.03. The molecule has 1 heterocycles. The van der Waals surface area contributed by atoms with Gasteiger partial charge in [0.2, 0.25) is 0 Å². The Balaban J connectivity index is 2.71. The van der Waals surface area contributed by atoms with E-state index in [0.29, 0.717) is 11.3 Å². The zero-order valence-corrected chi connectivity index (χ0v) is 9.45. The van der Waals surface area contributed by atoms with Crippen molar-refractivity contribution in [2.75, 3.05) is 5.75 Å². The molecule has 0 atom stereocenters. The summed E-state index contributed by atoms with van der Waals surface area (Å²) in [6.45, 7) is 1.46. The second-order valence-electron chi connectivity index (χ2n) is 2.57. The average Bonchev–Trinajstić information content (AvgIpc) is 2.17. The van der Waals surface area contributed by atoms with E-state index in [4.69, 9.17) is 11.6 Å². The lowest BCUT2D eigenvalue weighted by atomic mass is 10.3. The van der Waals surface area contributed by atoms with Gasteiger partial charge in [-0.2, -0.15) is 0 Å². The van der Waals surface area contributed by atoms with Crippen molar-refractivity contribution in [3.05, 3.63) is 28.8 Å². The molecule has 1 aromatic rings. The molecule has 15 heavy (non-hydrogen) atoms. The molecule has 0 spiro atoms. The topological polar surface area (TPSA) is 30.0 Å². The smallest absolute Gasteiger partial charge is 0.186 e. The summed E-state index contributed by atoms with van der Waals surface area (Å²) in [5.41, 5.74) is 0.334. The second kappa shape index (κ2) is 5.74. The molecule has 0 bridgehead atoms. The number of halogens is 2. The van der Waals surface area contributed by atoms with Gasteiger partial charge in [-0.25, -0.2) is 9.37 Å². The molecular weight excluding hydrogens is 237 g/mol. The molecule has 0 saturated heterocycles. The molecule has 0 unspecified atom stereocenters. The van der Waals surface area contributed by atoms with E-state index in [1.54, 1.807) is 0 Å². The number of rotatable bonds is 1. The van der Waals surface area contributed by atoms with Crippen LogP contribution in [0.15, 0.2) is 12.3 Å². The lowest BCUT2D eigenvalue weighted by molar-refractivity contribution is -0.109. The van der Waals surface area contributed by atoms with Crippen molar-refractivity contribution in [3.8, 4) is 11.8 Å². The van der Waals surface area contributed by atoms with Crippen LogP contribution in [0.3, 0.4) is 0 Å². The largest absolute Gasteiger partial charge is 0.288 e. The fourth-order valence-electron chi connectivity index (χ4n) is 0.779. The van der Waals surface area contributed by atoms with Crippen molar-refractivity contribution in [2.24, 2.45) is 0 Å². The summed E-state index contributed by atoms with van der Waals surface area (Å²) in [6, 6.07) is 1.21. The molecule has 0 N–H and O–H groups in total. The van der Waals surface area contributed by atoms with Crippen LogP contribution in [0.5, 0.6) is 0 Å². The zero-order chi connectivity index (χ0) is 11.3. The molecule has 5 heteroatoms. The SMILES string of the molecule is CC(=O)SCC#Cc1cc(F)cnc1Cl. The van der Waals surface area contributed by atoms with E-state index in [0.717, 1.165) is 18.0 Å². The van der Waals surface area contributed by atoms with Crippen molar-refractivity contribution in [1.82, 2.24) is 4.98 Å². The van der Waals surface area contributed by atoms with Gasteiger partial charge >= 0.3 is 0 Å². The first kappa shape index (κ1) is 12.0. The van der Waals surface area contributed by atoms with Crippen molar-refractivity contribution >= 4 is 28.5 Å². The second-order valence-corrected chi connectivity index (χ2v) is 4.08. The maximum atomic E-state index is 12.7. The minimum atomic E-state index is -0.483. The number of thioether (sulfide) groups is 1. The van der Waals surface area contributed by atoms with Crippen molar-refractivity contribution in [1.29, 1.82) is 0 Å². The lowest BCUT2D eigenvalue weighted by Gasteiger charge is -1.93. The summed E-state index contributed by atoms with van der Waals surface area (Å²) >= 11 is 6.77. The average molecular weight is 244 g/mol. The summed E-state index contributed by atoms with van der Waals surface area (Å²) in [4.78, 5) is 14.2. The minimum absolute atomic E-state index is 0.00670. The molecule has 0 aromatic carbocycles. The van der Waals surface area contributed by atoms with Crippen LogP contribution in [0.1, 0.15) is 12.5 Å². The van der Waals surface area contributed by atoms with E-state index in [1.807, 2.05) is 0 Å². The molecular formula is C10H7ClFNOS. The molecule has 2 nitrogen and oxygen atoms in total. The fraction of sp³-hybridized carbons (Fsp3) is 0.200. The van der Waals surface area contributed by atoms with Crippen molar-refractivity contribution in [3.63, 3.8) is 0 Å². The number of hydrogen-bond donors (Lipinski definition) is 0. The van der Waals surface area contributed by atoms with Gasteiger partial charge in [-0.1, -0.05) is 35.2 Å². The third-order valence-corrected chi connectivity index (χ3v) is 2.37. The number of aromatic nitrogens is 1. The maximum absolute atomic E-state index is 12.7. The van der Waals surface area contributed by atoms with Gasteiger partial charge in [-0.05, 0) is 6.07 Å². The molecule has 0 saturated carbocycles. The van der Waals surface area contributed by atoms with E-state index in [-0.39, 0.29) is 10.3 Å². The molecule has 1 aromatic heterocycles. The Bertz CT molecular complexity index is 439. The highest BCUT2D eigenvalue weighted by Gasteiger charge is 1.99. The van der Waals surface area contributed by atoms with Gasteiger partial charge in [0, 0.05) is 6.92 Å². The van der Waals surface area contributed by atoms with Gasteiger partial charge in [0.1, 0.15) is 11.0 Å². The number of hydrogen-bond acceptors (Lipinski definition) is 3. The highest BCUT2D eigenvalue weighted by Crippen LogP contribution is 2.12. The van der Waals surface area contributed by atoms with Gasteiger partial charge in [-0.3, -0.25) is 4.79 Å². The predicted molar refractivity (Wildman–Crippen MR) is 59.2 cm³/mol. The van der Waals surface area contributed by atoms with Gasteiger partial charge in [0.25, 0.3) is 0 Å². The number of nitrogens with zero attached hydrogens (tertiary/aromatic N) is 1.